The molecule has 0 saturated carbocycles. The van der Waals surface area contributed by atoms with E-state index >= 15 is 0 Å². The van der Waals surface area contributed by atoms with Gasteiger partial charge < -0.3 is 25.0 Å². The molecular weight excluding hydrogens is 431 g/mol. The summed E-state index contributed by atoms with van der Waals surface area (Å²) in [5, 5.41) is 6.84. The number of rotatable bonds is 8. The van der Waals surface area contributed by atoms with Crippen LogP contribution in [0.15, 0.2) is 4.99 Å². The molecule has 0 radical (unpaired) electrons. The molecule has 2 aliphatic rings. The maximum Gasteiger partial charge on any atom is 0.190 e. The van der Waals surface area contributed by atoms with Gasteiger partial charge in [-0.2, -0.15) is 0 Å². The predicted molar refractivity (Wildman–Crippen MR) is 114 cm³/mol. The quantitative estimate of drug-likeness (QED) is 0.247. The maximum atomic E-state index is 5.79. The Labute approximate surface area is 170 Å². The lowest BCUT2D eigenvalue weighted by molar-refractivity contribution is 0.0203. The van der Waals surface area contributed by atoms with Crippen molar-refractivity contribution in [1.29, 1.82) is 0 Å². The zero-order chi connectivity index (χ0) is 17.0. The number of hydrogen-bond donors (Lipinski definition) is 2. The van der Waals surface area contributed by atoms with Crippen molar-refractivity contribution in [3.8, 4) is 0 Å². The average Bonchev–Trinajstić information content (AvgIpc) is 2.61. The van der Waals surface area contributed by atoms with E-state index < -0.39 is 0 Å². The van der Waals surface area contributed by atoms with Crippen LogP contribution in [0.1, 0.15) is 32.1 Å². The summed E-state index contributed by atoms with van der Waals surface area (Å²) in [4.78, 5) is 6.73. The molecule has 1 atom stereocenters. The molecule has 0 amide bonds. The molecule has 2 rings (SSSR count). The number of nitrogens with one attached hydrogen (secondary N) is 2. The number of piperidine rings is 1. The molecule has 1 unspecified atom stereocenters. The van der Waals surface area contributed by atoms with Gasteiger partial charge in [0.05, 0.1) is 0 Å². The van der Waals surface area contributed by atoms with Gasteiger partial charge in [-0.1, -0.05) is 0 Å². The number of guanidine groups is 1. The van der Waals surface area contributed by atoms with E-state index in [9.17, 15) is 0 Å². The molecule has 2 saturated heterocycles. The van der Waals surface area contributed by atoms with Gasteiger partial charge in [-0.25, -0.2) is 0 Å². The number of likely N-dealkylation sites (tertiary alicyclic amines) is 1. The van der Waals surface area contributed by atoms with Gasteiger partial charge >= 0.3 is 0 Å². The molecule has 6 nitrogen and oxygen atoms in total. The highest BCUT2D eigenvalue weighted by Crippen LogP contribution is 2.15. The van der Waals surface area contributed by atoms with Crippen molar-refractivity contribution in [3.63, 3.8) is 0 Å². The first-order valence-electron chi connectivity index (χ1n) is 9.56. The van der Waals surface area contributed by atoms with Gasteiger partial charge in [0.1, 0.15) is 0 Å². The summed E-state index contributed by atoms with van der Waals surface area (Å²) in [6.45, 7) is 7.81. The van der Waals surface area contributed by atoms with Gasteiger partial charge in [0.15, 0.2) is 5.96 Å². The maximum absolute atomic E-state index is 5.79. The highest BCUT2D eigenvalue weighted by Gasteiger charge is 2.17. The molecule has 0 bridgehead atoms. The lowest BCUT2D eigenvalue weighted by Gasteiger charge is -2.30. The van der Waals surface area contributed by atoms with E-state index in [0.717, 1.165) is 70.7 Å². The van der Waals surface area contributed by atoms with E-state index in [2.05, 4.69) is 27.6 Å². The standard InChI is InChI=1S/C18H36N4O2.HI/c1-19-18(21-13-17-5-3-9-22(2)14-17)20-8-4-10-24-15-16-6-11-23-12-7-16;/h16-17H,3-15H2,1-2H3,(H2,19,20,21);1H. The van der Waals surface area contributed by atoms with E-state index in [1.807, 2.05) is 7.05 Å². The number of nitrogens with zero attached hydrogens (tertiary/aromatic N) is 2. The fourth-order valence-corrected chi connectivity index (χ4v) is 3.45. The van der Waals surface area contributed by atoms with Crippen LogP contribution in [-0.4, -0.2) is 77.6 Å². The molecule has 2 aliphatic heterocycles. The summed E-state index contributed by atoms with van der Waals surface area (Å²) in [5.41, 5.74) is 0. The Bertz CT molecular complexity index is 365. The third kappa shape index (κ3) is 9.96. The van der Waals surface area contributed by atoms with E-state index in [4.69, 9.17) is 9.47 Å². The summed E-state index contributed by atoms with van der Waals surface area (Å²) in [6.07, 6.45) is 5.92. The van der Waals surface area contributed by atoms with Crippen molar-refractivity contribution >= 4 is 29.9 Å². The van der Waals surface area contributed by atoms with Gasteiger partial charge in [-0.3, -0.25) is 4.99 Å². The second kappa shape index (κ2) is 14.0. The highest BCUT2D eigenvalue weighted by molar-refractivity contribution is 14.0. The van der Waals surface area contributed by atoms with Crippen molar-refractivity contribution in [1.82, 2.24) is 15.5 Å². The molecule has 25 heavy (non-hydrogen) atoms. The van der Waals surface area contributed by atoms with Crippen molar-refractivity contribution in [2.75, 3.05) is 66.7 Å². The Morgan fingerprint density at radius 2 is 2.00 bits per heavy atom. The van der Waals surface area contributed by atoms with Crippen molar-refractivity contribution < 1.29 is 9.47 Å². The summed E-state index contributed by atoms with van der Waals surface area (Å²) >= 11 is 0. The molecule has 2 N–H and O–H groups in total. The molecule has 0 aromatic carbocycles. The SMILES string of the molecule is CN=C(NCCCOCC1CCOCC1)NCC1CCCN(C)C1.I. The molecule has 2 fully saturated rings. The van der Waals surface area contributed by atoms with Gasteiger partial charge in [-0.15, -0.1) is 24.0 Å². The average molecular weight is 468 g/mol. The zero-order valence-corrected chi connectivity index (χ0v) is 18.3. The van der Waals surface area contributed by atoms with E-state index in [-0.39, 0.29) is 24.0 Å². The van der Waals surface area contributed by atoms with Crippen LogP contribution in [-0.2, 0) is 9.47 Å². The molecule has 7 heteroatoms. The minimum absolute atomic E-state index is 0. The summed E-state index contributed by atoms with van der Waals surface area (Å²) in [5.74, 6) is 2.33. The monoisotopic (exact) mass is 468 g/mol. The molecule has 2 heterocycles. The van der Waals surface area contributed by atoms with Crippen LogP contribution < -0.4 is 10.6 Å². The van der Waals surface area contributed by atoms with Gasteiger partial charge in [-0.05, 0) is 57.5 Å². The normalized spacial score (nSPS) is 23.1. The van der Waals surface area contributed by atoms with Crippen LogP contribution >= 0.6 is 24.0 Å². The van der Waals surface area contributed by atoms with E-state index in [0.29, 0.717) is 5.92 Å². The second-order valence-electron chi connectivity index (χ2n) is 7.13. The minimum Gasteiger partial charge on any atom is -0.381 e. The fraction of sp³-hybridized carbons (Fsp3) is 0.944. The Morgan fingerprint density at radius 3 is 2.72 bits per heavy atom. The molecule has 0 aliphatic carbocycles. The van der Waals surface area contributed by atoms with E-state index in [1.165, 1.54) is 25.9 Å². The third-order valence-corrected chi connectivity index (χ3v) is 4.96. The molecule has 0 spiro atoms. The largest absolute Gasteiger partial charge is 0.381 e. The first-order chi connectivity index (χ1) is 11.8. The lowest BCUT2D eigenvalue weighted by Crippen LogP contribution is -2.43. The molecule has 0 aromatic rings. The van der Waals surface area contributed by atoms with Gasteiger partial charge in [0.2, 0.25) is 0 Å². The first-order valence-corrected chi connectivity index (χ1v) is 9.56. The number of hydrogen-bond acceptors (Lipinski definition) is 4. The van der Waals surface area contributed by atoms with E-state index in [1.54, 1.807) is 0 Å². The summed E-state index contributed by atoms with van der Waals surface area (Å²) < 4.78 is 11.2. The Morgan fingerprint density at radius 1 is 1.20 bits per heavy atom. The predicted octanol–water partition coefficient (Wildman–Crippen LogP) is 1.94. The molecular formula is C18H37IN4O2. The summed E-state index contributed by atoms with van der Waals surface area (Å²) in [7, 11) is 4.05. The Balaban J connectivity index is 0.00000312. The van der Waals surface area contributed by atoms with Crippen molar-refractivity contribution in [2.24, 2.45) is 16.8 Å². The highest BCUT2D eigenvalue weighted by atomic mass is 127. The van der Waals surface area contributed by atoms with Crippen molar-refractivity contribution in [3.05, 3.63) is 0 Å². The lowest BCUT2D eigenvalue weighted by atomic mass is 9.99. The van der Waals surface area contributed by atoms with Gasteiger partial charge in [0, 0.05) is 53.1 Å². The van der Waals surface area contributed by atoms with Crippen molar-refractivity contribution in [2.45, 2.75) is 32.1 Å². The van der Waals surface area contributed by atoms with Crippen LogP contribution in [0.25, 0.3) is 0 Å². The number of ether oxygens (including phenoxy) is 2. The minimum atomic E-state index is 0. The van der Waals surface area contributed by atoms with Crippen LogP contribution in [0.3, 0.4) is 0 Å². The van der Waals surface area contributed by atoms with Crippen LogP contribution in [0, 0.1) is 11.8 Å². The summed E-state index contributed by atoms with van der Waals surface area (Å²) in [6, 6.07) is 0. The second-order valence-corrected chi connectivity index (χ2v) is 7.13. The van der Waals surface area contributed by atoms with Gasteiger partial charge in [0.25, 0.3) is 0 Å². The third-order valence-electron chi connectivity index (χ3n) is 4.96. The number of aliphatic imine (C=N–C) groups is 1. The van der Waals surface area contributed by atoms with Crippen LogP contribution in [0.2, 0.25) is 0 Å². The smallest absolute Gasteiger partial charge is 0.190 e. The van der Waals surface area contributed by atoms with Crippen LogP contribution in [0.4, 0.5) is 0 Å². The molecule has 148 valence electrons. The topological polar surface area (TPSA) is 58.1 Å². The Hall–Kier alpha value is -0.120. The number of halogens is 1. The molecule has 0 aromatic heterocycles. The van der Waals surface area contributed by atoms with Crippen LogP contribution in [0.5, 0.6) is 0 Å². The Kier molecular flexibility index (Phi) is 12.8. The zero-order valence-electron chi connectivity index (χ0n) is 16.0. The fourth-order valence-electron chi connectivity index (χ4n) is 3.45. The first kappa shape index (κ1) is 22.9.